The molecule has 0 saturated heterocycles. The molecular formula is C13H10ClF2NO2. The molecule has 2 aromatic rings. The van der Waals surface area contributed by atoms with Crippen LogP contribution in [0, 0.1) is 11.6 Å². The zero-order valence-corrected chi connectivity index (χ0v) is 10.5. The number of benzene rings is 1. The highest BCUT2D eigenvalue weighted by molar-refractivity contribution is 6.29. The molecule has 6 heteroatoms. The van der Waals surface area contributed by atoms with Crippen LogP contribution in [0.15, 0.2) is 34.7 Å². The van der Waals surface area contributed by atoms with Crippen molar-refractivity contribution in [1.82, 2.24) is 5.32 Å². The fourth-order valence-electron chi connectivity index (χ4n) is 1.60. The summed E-state index contributed by atoms with van der Waals surface area (Å²) >= 11 is 5.54. The summed E-state index contributed by atoms with van der Waals surface area (Å²) in [5.74, 6) is -1.61. The number of carbonyl (C=O) groups is 1. The van der Waals surface area contributed by atoms with Crippen LogP contribution in [0.2, 0.25) is 5.22 Å². The molecule has 3 nitrogen and oxygen atoms in total. The van der Waals surface area contributed by atoms with E-state index in [2.05, 4.69) is 5.32 Å². The molecule has 0 bridgehead atoms. The molecule has 0 unspecified atom stereocenters. The van der Waals surface area contributed by atoms with Crippen LogP contribution >= 0.6 is 11.6 Å². The summed E-state index contributed by atoms with van der Waals surface area (Å²) in [6.45, 7) is 0.236. The second-order valence-corrected chi connectivity index (χ2v) is 4.26. The summed E-state index contributed by atoms with van der Waals surface area (Å²) in [6, 6.07) is 6.14. The lowest BCUT2D eigenvalue weighted by atomic mass is 10.1. The van der Waals surface area contributed by atoms with Crippen LogP contribution < -0.4 is 5.32 Å². The first kappa shape index (κ1) is 13.5. The van der Waals surface area contributed by atoms with Gasteiger partial charge >= 0.3 is 0 Å². The summed E-state index contributed by atoms with van der Waals surface area (Å²) in [4.78, 5) is 11.6. The summed E-state index contributed by atoms with van der Waals surface area (Å²) in [5, 5.41) is 2.69. The minimum absolute atomic E-state index is 0.0930. The molecule has 0 aliphatic rings. The summed E-state index contributed by atoms with van der Waals surface area (Å²) in [6.07, 6.45) is 0.314. The van der Waals surface area contributed by atoms with E-state index in [0.29, 0.717) is 12.0 Å². The van der Waals surface area contributed by atoms with Gasteiger partial charge in [0, 0.05) is 12.6 Å². The Morgan fingerprint density at radius 1 is 1.21 bits per heavy atom. The maximum absolute atomic E-state index is 12.9. The third-order valence-corrected chi connectivity index (χ3v) is 2.62. The third kappa shape index (κ3) is 3.79. The molecule has 0 fully saturated rings. The maximum Gasteiger partial charge on any atom is 0.287 e. The van der Waals surface area contributed by atoms with Crippen molar-refractivity contribution in [2.24, 2.45) is 0 Å². The Balaban J connectivity index is 1.88. The van der Waals surface area contributed by atoms with E-state index in [9.17, 15) is 13.6 Å². The molecule has 0 radical (unpaired) electrons. The van der Waals surface area contributed by atoms with Crippen LogP contribution in [0.4, 0.5) is 8.78 Å². The van der Waals surface area contributed by atoms with Crippen LogP contribution in [0.25, 0.3) is 0 Å². The molecule has 100 valence electrons. The second kappa shape index (κ2) is 5.84. The van der Waals surface area contributed by atoms with Crippen LogP contribution in [0.1, 0.15) is 16.1 Å². The molecule has 0 spiro atoms. The molecule has 0 saturated carbocycles. The Labute approximate surface area is 113 Å². The smallest absolute Gasteiger partial charge is 0.287 e. The number of hydrogen-bond acceptors (Lipinski definition) is 2. The van der Waals surface area contributed by atoms with Crippen molar-refractivity contribution in [3.8, 4) is 0 Å². The summed E-state index contributed by atoms with van der Waals surface area (Å²) in [5.41, 5.74) is 0.468. The Hall–Kier alpha value is -1.88. The van der Waals surface area contributed by atoms with Crippen LogP contribution in [0.5, 0.6) is 0 Å². The molecular weight excluding hydrogens is 276 g/mol. The van der Waals surface area contributed by atoms with E-state index in [1.807, 2.05) is 0 Å². The average molecular weight is 286 g/mol. The molecule has 0 aliphatic heterocycles. The van der Waals surface area contributed by atoms with E-state index >= 15 is 0 Å². The molecule has 0 aliphatic carbocycles. The lowest BCUT2D eigenvalue weighted by molar-refractivity contribution is 0.0926. The van der Waals surface area contributed by atoms with Gasteiger partial charge in [0.1, 0.15) is 11.6 Å². The van der Waals surface area contributed by atoms with Crippen molar-refractivity contribution in [3.05, 3.63) is 58.5 Å². The Morgan fingerprint density at radius 3 is 2.47 bits per heavy atom. The second-order valence-electron chi connectivity index (χ2n) is 3.89. The van der Waals surface area contributed by atoms with Gasteiger partial charge in [0.05, 0.1) is 0 Å². The van der Waals surface area contributed by atoms with E-state index < -0.39 is 17.5 Å². The third-order valence-electron chi connectivity index (χ3n) is 2.42. The number of halogens is 3. The predicted octanol–water partition coefficient (Wildman–Crippen LogP) is 3.18. The van der Waals surface area contributed by atoms with Gasteiger partial charge in [0.2, 0.25) is 0 Å². The van der Waals surface area contributed by atoms with Crippen molar-refractivity contribution in [3.63, 3.8) is 0 Å². The van der Waals surface area contributed by atoms with Gasteiger partial charge in [-0.05, 0) is 47.9 Å². The first-order valence-corrected chi connectivity index (χ1v) is 5.91. The molecule has 1 heterocycles. The van der Waals surface area contributed by atoms with Gasteiger partial charge in [0.25, 0.3) is 5.91 Å². The fraction of sp³-hybridized carbons (Fsp3) is 0.154. The van der Waals surface area contributed by atoms with Crippen molar-refractivity contribution >= 4 is 17.5 Å². The number of amides is 1. The largest absolute Gasteiger partial charge is 0.440 e. The Bertz CT molecular complexity index is 578. The highest BCUT2D eigenvalue weighted by Gasteiger charge is 2.09. The average Bonchev–Trinajstić information content (AvgIpc) is 2.74. The van der Waals surface area contributed by atoms with Crippen LogP contribution in [-0.4, -0.2) is 12.5 Å². The normalized spacial score (nSPS) is 10.5. The van der Waals surface area contributed by atoms with Crippen molar-refractivity contribution in [2.75, 3.05) is 6.54 Å². The van der Waals surface area contributed by atoms with E-state index in [1.54, 1.807) is 0 Å². The van der Waals surface area contributed by atoms with Gasteiger partial charge in [-0.1, -0.05) is 0 Å². The van der Waals surface area contributed by atoms with Gasteiger partial charge in [-0.3, -0.25) is 4.79 Å². The van der Waals surface area contributed by atoms with Gasteiger partial charge in [-0.2, -0.15) is 0 Å². The van der Waals surface area contributed by atoms with Gasteiger partial charge in [-0.25, -0.2) is 8.78 Å². The molecule has 19 heavy (non-hydrogen) atoms. The molecule has 1 amide bonds. The number of carbonyl (C=O) groups excluding carboxylic acids is 1. The lowest BCUT2D eigenvalue weighted by Crippen LogP contribution is -2.25. The highest BCUT2D eigenvalue weighted by atomic mass is 35.5. The van der Waals surface area contributed by atoms with E-state index in [1.165, 1.54) is 24.3 Å². The number of nitrogens with one attached hydrogen (secondary N) is 1. The molecule has 1 N–H and O–H groups in total. The summed E-state index contributed by atoms with van der Waals surface area (Å²) in [7, 11) is 0. The van der Waals surface area contributed by atoms with Crippen molar-refractivity contribution < 1.29 is 18.0 Å². The Morgan fingerprint density at radius 2 is 1.89 bits per heavy atom. The number of rotatable bonds is 4. The minimum atomic E-state index is -0.640. The van der Waals surface area contributed by atoms with Gasteiger partial charge < -0.3 is 9.73 Å². The van der Waals surface area contributed by atoms with Crippen molar-refractivity contribution in [2.45, 2.75) is 6.42 Å². The van der Waals surface area contributed by atoms with Gasteiger partial charge in [-0.15, -0.1) is 0 Å². The van der Waals surface area contributed by atoms with E-state index in [4.69, 9.17) is 16.0 Å². The molecule has 1 aromatic carbocycles. The van der Waals surface area contributed by atoms with Crippen LogP contribution in [0.3, 0.4) is 0 Å². The minimum Gasteiger partial charge on any atom is -0.440 e. The number of furan rings is 1. The monoisotopic (exact) mass is 285 g/mol. The SMILES string of the molecule is O=C(NCCc1cc(F)cc(F)c1)c1ccc(Cl)o1. The zero-order chi connectivity index (χ0) is 13.8. The standard InChI is InChI=1S/C13H10ClF2NO2/c14-12-2-1-11(19-12)13(18)17-4-3-8-5-9(15)7-10(16)6-8/h1-2,5-7H,3-4H2,(H,17,18). The molecule has 1 aromatic heterocycles. The summed E-state index contributed by atoms with van der Waals surface area (Å²) < 4.78 is 30.8. The van der Waals surface area contributed by atoms with Crippen LogP contribution in [-0.2, 0) is 6.42 Å². The number of hydrogen-bond donors (Lipinski definition) is 1. The van der Waals surface area contributed by atoms with Gasteiger partial charge in [0.15, 0.2) is 11.0 Å². The van der Waals surface area contributed by atoms with Crippen molar-refractivity contribution in [1.29, 1.82) is 0 Å². The predicted molar refractivity (Wildman–Crippen MR) is 66.1 cm³/mol. The highest BCUT2D eigenvalue weighted by Crippen LogP contribution is 2.13. The first-order valence-electron chi connectivity index (χ1n) is 5.53. The topological polar surface area (TPSA) is 42.2 Å². The first-order chi connectivity index (χ1) is 9.04. The quantitative estimate of drug-likeness (QED) is 0.937. The maximum atomic E-state index is 12.9. The Kier molecular flexibility index (Phi) is 4.16. The lowest BCUT2D eigenvalue weighted by Gasteiger charge is -2.04. The van der Waals surface area contributed by atoms with E-state index in [-0.39, 0.29) is 17.5 Å². The zero-order valence-electron chi connectivity index (χ0n) is 9.75. The molecule has 0 atom stereocenters. The van der Waals surface area contributed by atoms with E-state index in [0.717, 1.165) is 6.07 Å². The fourth-order valence-corrected chi connectivity index (χ4v) is 1.75. The molecule has 2 rings (SSSR count).